The molecule has 4 nitrogen and oxygen atoms in total. The Morgan fingerprint density at radius 2 is 2.25 bits per heavy atom. The van der Waals surface area contributed by atoms with Crippen molar-refractivity contribution >= 4 is 5.97 Å². The lowest BCUT2D eigenvalue weighted by atomic mass is 9.94. The van der Waals surface area contributed by atoms with Gasteiger partial charge in [-0.2, -0.15) is 0 Å². The molecule has 0 radical (unpaired) electrons. The van der Waals surface area contributed by atoms with Crippen LogP contribution in [0.3, 0.4) is 0 Å². The molecule has 0 aliphatic carbocycles. The summed E-state index contributed by atoms with van der Waals surface area (Å²) in [6.07, 6.45) is 0.537. The Kier molecular flexibility index (Phi) is 2.83. The number of hydrogen-bond donors (Lipinski definition) is 2. The standard InChI is InChI=1S/C12H15NO3/c1-7-3-8-4-10(12(14)15)13-6-9(8)5-11(7)16-2/h3,5,10,13H,4,6H2,1-2H3,(H,14,15). The van der Waals surface area contributed by atoms with E-state index in [9.17, 15) is 4.79 Å². The second-order valence-corrected chi connectivity index (χ2v) is 4.07. The molecular formula is C12H15NO3. The molecule has 1 aromatic rings. The maximum Gasteiger partial charge on any atom is 0.321 e. The smallest absolute Gasteiger partial charge is 0.321 e. The van der Waals surface area contributed by atoms with Gasteiger partial charge >= 0.3 is 5.97 Å². The predicted octanol–water partition coefficient (Wildman–Crippen LogP) is 1.10. The van der Waals surface area contributed by atoms with Crippen LogP contribution in [0, 0.1) is 6.92 Å². The van der Waals surface area contributed by atoms with E-state index >= 15 is 0 Å². The lowest BCUT2D eigenvalue weighted by molar-refractivity contribution is -0.139. The zero-order chi connectivity index (χ0) is 11.7. The molecule has 86 valence electrons. The second kappa shape index (κ2) is 4.14. The number of aryl methyl sites for hydroxylation is 1. The summed E-state index contributed by atoms with van der Waals surface area (Å²) in [7, 11) is 1.64. The molecule has 0 aromatic heterocycles. The van der Waals surface area contributed by atoms with Gasteiger partial charge in [-0.05, 0) is 36.1 Å². The highest BCUT2D eigenvalue weighted by molar-refractivity contribution is 5.74. The number of carbonyl (C=O) groups is 1. The summed E-state index contributed by atoms with van der Waals surface area (Å²) >= 11 is 0. The first-order valence-electron chi connectivity index (χ1n) is 5.24. The molecular weight excluding hydrogens is 206 g/mol. The second-order valence-electron chi connectivity index (χ2n) is 4.07. The van der Waals surface area contributed by atoms with Crippen LogP contribution in [0.1, 0.15) is 16.7 Å². The van der Waals surface area contributed by atoms with E-state index in [2.05, 4.69) is 5.32 Å². The fourth-order valence-corrected chi connectivity index (χ4v) is 2.06. The van der Waals surface area contributed by atoms with Crippen LogP contribution in [-0.4, -0.2) is 24.2 Å². The minimum atomic E-state index is -0.792. The monoisotopic (exact) mass is 221 g/mol. The van der Waals surface area contributed by atoms with Gasteiger partial charge in [0.2, 0.25) is 0 Å². The summed E-state index contributed by atoms with van der Waals surface area (Å²) < 4.78 is 5.24. The van der Waals surface area contributed by atoms with Gasteiger partial charge in [0.15, 0.2) is 0 Å². The number of nitrogens with one attached hydrogen (secondary N) is 1. The Bertz CT molecular complexity index is 429. The molecule has 16 heavy (non-hydrogen) atoms. The van der Waals surface area contributed by atoms with Crippen LogP contribution >= 0.6 is 0 Å². The average Bonchev–Trinajstić information content (AvgIpc) is 2.27. The largest absolute Gasteiger partial charge is 0.496 e. The fourth-order valence-electron chi connectivity index (χ4n) is 2.06. The van der Waals surface area contributed by atoms with Gasteiger partial charge in [0.25, 0.3) is 0 Å². The van der Waals surface area contributed by atoms with Gasteiger partial charge in [0.05, 0.1) is 7.11 Å². The third-order valence-electron chi connectivity index (χ3n) is 2.98. The van der Waals surface area contributed by atoms with Crippen LogP contribution < -0.4 is 10.1 Å². The first-order chi connectivity index (χ1) is 7.61. The topological polar surface area (TPSA) is 58.6 Å². The molecule has 1 unspecified atom stereocenters. The average molecular weight is 221 g/mol. The van der Waals surface area contributed by atoms with Crippen molar-refractivity contribution in [2.75, 3.05) is 7.11 Å². The van der Waals surface area contributed by atoms with Crippen molar-refractivity contribution in [3.63, 3.8) is 0 Å². The SMILES string of the molecule is COc1cc2c(cc1C)CC(C(=O)O)NC2. The summed E-state index contributed by atoms with van der Waals surface area (Å²) in [4.78, 5) is 10.9. The minimum Gasteiger partial charge on any atom is -0.496 e. The predicted molar refractivity (Wildman–Crippen MR) is 59.7 cm³/mol. The van der Waals surface area contributed by atoms with Crippen molar-refractivity contribution in [1.82, 2.24) is 5.32 Å². The summed E-state index contributed by atoms with van der Waals surface area (Å²) in [5.74, 6) is 0.0634. The Morgan fingerprint density at radius 3 is 2.88 bits per heavy atom. The van der Waals surface area contributed by atoms with Crippen LogP contribution in [-0.2, 0) is 17.8 Å². The number of benzene rings is 1. The molecule has 2 N–H and O–H groups in total. The van der Waals surface area contributed by atoms with E-state index in [-0.39, 0.29) is 0 Å². The Balaban J connectivity index is 2.33. The summed E-state index contributed by atoms with van der Waals surface area (Å²) in [6.45, 7) is 2.56. The summed E-state index contributed by atoms with van der Waals surface area (Å²) in [5.41, 5.74) is 3.27. The zero-order valence-electron chi connectivity index (χ0n) is 9.41. The molecule has 0 fully saturated rings. The molecule has 4 heteroatoms. The Labute approximate surface area is 94.2 Å². The zero-order valence-corrected chi connectivity index (χ0v) is 9.41. The highest BCUT2D eigenvalue weighted by Crippen LogP contribution is 2.26. The summed E-state index contributed by atoms with van der Waals surface area (Å²) in [6, 6.07) is 3.53. The Morgan fingerprint density at radius 1 is 1.50 bits per heavy atom. The van der Waals surface area contributed by atoms with Crippen LogP contribution in [0.4, 0.5) is 0 Å². The molecule has 1 aliphatic heterocycles. The molecule has 0 bridgehead atoms. The van der Waals surface area contributed by atoms with Crippen molar-refractivity contribution in [2.24, 2.45) is 0 Å². The van der Waals surface area contributed by atoms with Crippen LogP contribution in [0.25, 0.3) is 0 Å². The maximum absolute atomic E-state index is 10.9. The van der Waals surface area contributed by atoms with E-state index in [0.29, 0.717) is 13.0 Å². The van der Waals surface area contributed by atoms with Crippen LogP contribution in [0.2, 0.25) is 0 Å². The van der Waals surface area contributed by atoms with Gasteiger partial charge in [0.1, 0.15) is 11.8 Å². The lowest BCUT2D eigenvalue weighted by Crippen LogP contribution is -2.41. The third-order valence-corrected chi connectivity index (χ3v) is 2.98. The van der Waals surface area contributed by atoms with Gasteiger partial charge in [-0.3, -0.25) is 4.79 Å². The van der Waals surface area contributed by atoms with Gasteiger partial charge in [-0.15, -0.1) is 0 Å². The molecule has 0 saturated carbocycles. The number of fused-ring (bicyclic) bond motifs is 1. The van der Waals surface area contributed by atoms with Gasteiger partial charge in [0, 0.05) is 6.54 Å². The van der Waals surface area contributed by atoms with Crippen molar-refractivity contribution in [3.8, 4) is 5.75 Å². The fraction of sp³-hybridized carbons (Fsp3) is 0.417. The number of carboxylic acids is 1. The van der Waals surface area contributed by atoms with E-state index < -0.39 is 12.0 Å². The molecule has 0 saturated heterocycles. The number of methoxy groups -OCH3 is 1. The van der Waals surface area contributed by atoms with Crippen LogP contribution in [0.5, 0.6) is 5.75 Å². The maximum atomic E-state index is 10.9. The number of aliphatic carboxylic acids is 1. The molecule has 1 aliphatic rings. The Hall–Kier alpha value is -1.55. The number of ether oxygens (including phenoxy) is 1. The van der Waals surface area contributed by atoms with Crippen molar-refractivity contribution in [3.05, 3.63) is 28.8 Å². The lowest BCUT2D eigenvalue weighted by Gasteiger charge is -2.24. The highest BCUT2D eigenvalue weighted by Gasteiger charge is 2.24. The molecule has 0 amide bonds. The number of carboxylic acid groups (broad SMARTS) is 1. The molecule has 0 spiro atoms. The normalized spacial score (nSPS) is 19.0. The quantitative estimate of drug-likeness (QED) is 0.785. The van der Waals surface area contributed by atoms with Gasteiger partial charge < -0.3 is 15.2 Å². The first-order valence-corrected chi connectivity index (χ1v) is 5.24. The third kappa shape index (κ3) is 1.88. The highest BCUT2D eigenvalue weighted by atomic mass is 16.5. The number of rotatable bonds is 2. The molecule has 1 aromatic carbocycles. The van der Waals surface area contributed by atoms with E-state index in [4.69, 9.17) is 9.84 Å². The van der Waals surface area contributed by atoms with Crippen molar-refractivity contribution in [2.45, 2.75) is 25.9 Å². The van der Waals surface area contributed by atoms with Crippen LogP contribution in [0.15, 0.2) is 12.1 Å². The van der Waals surface area contributed by atoms with E-state index in [1.165, 1.54) is 0 Å². The molecule has 1 atom stereocenters. The van der Waals surface area contributed by atoms with Gasteiger partial charge in [-0.1, -0.05) is 6.07 Å². The first kappa shape index (κ1) is 11.0. The molecule has 2 rings (SSSR count). The van der Waals surface area contributed by atoms with Crippen molar-refractivity contribution < 1.29 is 14.6 Å². The van der Waals surface area contributed by atoms with Crippen molar-refractivity contribution in [1.29, 1.82) is 0 Å². The molecule has 1 heterocycles. The van der Waals surface area contributed by atoms with Gasteiger partial charge in [-0.25, -0.2) is 0 Å². The summed E-state index contributed by atoms with van der Waals surface area (Å²) in [5, 5.41) is 11.9. The van der Waals surface area contributed by atoms with E-state index in [1.54, 1.807) is 7.11 Å². The number of hydrogen-bond acceptors (Lipinski definition) is 3. The minimum absolute atomic E-state index is 0.472. The van der Waals surface area contributed by atoms with E-state index in [0.717, 1.165) is 22.4 Å². The van der Waals surface area contributed by atoms with E-state index in [1.807, 2.05) is 19.1 Å².